The van der Waals surface area contributed by atoms with E-state index in [1.54, 1.807) is 0 Å². The summed E-state index contributed by atoms with van der Waals surface area (Å²) in [5.74, 6) is 0.692. The highest BCUT2D eigenvalue weighted by Crippen LogP contribution is 2.19. The van der Waals surface area contributed by atoms with Crippen molar-refractivity contribution < 1.29 is 0 Å². The Hall–Kier alpha value is -0.930. The molecular formula is C16H27N3. The standard InChI is InChI=1S/C16H27N3/c1-4-5-15-12-19(16(10-18-15)13(2)3)11-14-6-8-17-9-7-14/h6-9,13,15-16,18H,4-5,10-12H2,1-3H3. The van der Waals surface area contributed by atoms with Crippen LogP contribution in [0, 0.1) is 5.92 Å². The molecule has 106 valence electrons. The molecule has 1 aromatic rings. The van der Waals surface area contributed by atoms with E-state index in [0.29, 0.717) is 18.0 Å². The number of rotatable bonds is 5. The Morgan fingerprint density at radius 2 is 2.11 bits per heavy atom. The Bertz CT molecular complexity index is 364. The monoisotopic (exact) mass is 261 g/mol. The zero-order valence-electron chi connectivity index (χ0n) is 12.5. The average molecular weight is 261 g/mol. The molecule has 1 aliphatic heterocycles. The summed E-state index contributed by atoms with van der Waals surface area (Å²) in [6.07, 6.45) is 6.32. The molecule has 1 aliphatic rings. The Morgan fingerprint density at radius 3 is 2.74 bits per heavy atom. The summed E-state index contributed by atoms with van der Waals surface area (Å²) in [4.78, 5) is 6.76. The molecule has 2 heterocycles. The van der Waals surface area contributed by atoms with Crippen molar-refractivity contribution in [3.8, 4) is 0 Å². The third-order valence-electron chi connectivity index (χ3n) is 4.08. The molecule has 1 saturated heterocycles. The lowest BCUT2D eigenvalue weighted by atomic mass is 9.96. The van der Waals surface area contributed by atoms with Crippen LogP contribution < -0.4 is 5.32 Å². The Balaban J connectivity index is 2.03. The fourth-order valence-corrected chi connectivity index (χ4v) is 3.00. The molecule has 1 aromatic heterocycles. The number of hydrogen-bond acceptors (Lipinski definition) is 3. The van der Waals surface area contributed by atoms with E-state index in [0.717, 1.165) is 13.1 Å². The maximum Gasteiger partial charge on any atom is 0.0271 e. The van der Waals surface area contributed by atoms with Gasteiger partial charge in [0.1, 0.15) is 0 Å². The molecule has 0 bridgehead atoms. The molecule has 2 unspecified atom stereocenters. The molecule has 2 rings (SSSR count). The van der Waals surface area contributed by atoms with E-state index in [9.17, 15) is 0 Å². The van der Waals surface area contributed by atoms with Gasteiger partial charge < -0.3 is 5.32 Å². The molecule has 0 aliphatic carbocycles. The highest BCUT2D eigenvalue weighted by Gasteiger charge is 2.29. The second-order valence-electron chi connectivity index (χ2n) is 5.99. The van der Waals surface area contributed by atoms with Gasteiger partial charge in [-0.15, -0.1) is 0 Å². The van der Waals surface area contributed by atoms with Gasteiger partial charge in [0.15, 0.2) is 0 Å². The summed E-state index contributed by atoms with van der Waals surface area (Å²) in [6, 6.07) is 5.56. The minimum atomic E-state index is 0.640. The largest absolute Gasteiger partial charge is 0.311 e. The molecule has 3 heteroatoms. The maximum absolute atomic E-state index is 4.11. The fourth-order valence-electron chi connectivity index (χ4n) is 3.00. The van der Waals surface area contributed by atoms with E-state index in [1.807, 2.05) is 12.4 Å². The maximum atomic E-state index is 4.11. The van der Waals surface area contributed by atoms with Crippen LogP contribution >= 0.6 is 0 Å². The van der Waals surface area contributed by atoms with Gasteiger partial charge >= 0.3 is 0 Å². The molecule has 1 N–H and O–H groups in total. The second kappa shape index (κ2) is 7.01. The molecule has 3 nitrogen and oxygen atoms in total. The van der Waals surface area contributed by atoms with E-state index in [2.05, 4.69) is 48.1 Å². The van der Waals surface area contributed by atoms with Crippen molar-refractivity contribution in [2.24, 2.45) is 5.92 Å². The molecule has 0 radical (unpaired) electrons. The lowest BCUT2D eigenvalue weighted by Crippen LogP contribution is -2.57. The third kappa shape index (κ3) is 4.02. The van der Waals surface area contributed by atoms with E-state index in [1.165, 1.54) is 24.9 Å². The number of nitrogens with one attached hydrogen (secondary N) is 1. The van der Waals surface area contributed by atoms with Gasteiger partial charge in [-0.2, -0.15) is 0 Å². The van der Waals surface area contributed by atoms with Crippen molar-refractivity contribution in [3.63, 3.8) is 0 Å². The van der Waals surface area contributed by atoms with Crippen molar-refractivity contribution in [3.05, 3.63) is 30.1 Å². The second-order valence-corrected chi connectivity index (χ2v) is 5.99. The van der Waals surface area contributed by atoms with Crippen LogP contribution in [0.5, 0.6) is 0 Å². The lowest BCUT2D eigenvalue weighted by Gasteiger charge is -2.42. The first kappa shape index (κ1) is 14.5. The van der Waals surface area contributed by atoms with Crippen LogP contribution in [0.25, 0.3) is 0 Å². The van der Waals surface area contributed by atoms with Crippen molar-refractivity contribution in [1.29, 1.82) is 0 Å². The summed E-state index contributed by atoms with van der Waals surface area (Å²) >= 11 is 0. The smallest absolute Gasteiger partial charge is 0.0271 e. The van der Waals surface area contributed by atoms with Gasteiger partial charge in [-0.3, -0.25) is 9.88 Å². The minimum Gasteiger partial charge on any atom is -0.311 e. The van der Waals surface area contributed by atoms with Crippen LogP contribution in [-0.2, 0) is 6.54 Å². The lowest BCUT2D eigenvalue weighted by molar-refractivity contribution is 0.0885. The molecule has 0 amide bonds. The first-order valence-electron chi connectivity index (χ1n) is 7.57. The van der Waals surface area contributed by atoms with E-state index >= 15 is 0 Å². The topological polar surface area (TPSA) is 28.2 Å². The predicted octanol–water partition coefficient (Wildman–Crippen LogP) is 2.68. The summed E-state index contributed by atoms with van der Waals surface area (Å²) in [7, 11) is 0. The van der Waals surface area contributed by atoms with Gasteiger partial charge in [-0.1, -0.05) is 27.2 Å². The highest BCUT2D eigenvalue weighted by molar-refractivity contribution is 5.10. The summed E-state index contributed by atoms with van der Waals surface area (Å²) in [6.45, 7) is 10.3. The van der Waals surface area contributed by atoms with Crippen molar-refractivity contribution in [2.75, 3.05) is 13.1 Å². The number of piperazine rings is 1. The van der Waals surface area contributed by atoms with Crippen molar-refractivity contribution >= 4 is 0 Å². The zero-order chi connectivity index (χ0) is 13.7. The van der Waals surface area contributed by atoms with Crippen LogP contribution in [-0.4, -0.2) is 35.1 Å². The van der Waals surface area contributed by atoms with Crippen LogP contribution in [0.15, 0.2) is 24.5 Å². The van der Waals surface area contributed by atoms with Crippen LogP contribution in [0.3, 0.4) is 0 Å². The van der Waals surface area contributed by atoms with Crippen LogP contribution in [0.2, 0.25) is 0 Å². The normalized spacial score (nSPS) is 24.8. The number of hydrogen-bond donors (Lipinski definition) is 1. The first-order valence-corrected chi connectivity index (χ1v) is 7.57. The Kier molecular flexibility index (Phi) is 5.34. The SMILES string of the molecule is CCCC1CN(Cc2ccncc2)C(C(C)C)CN1. The molecule has 0 spiro atoms. The summed E-state index contributed by atoms with van der Waals surface area (Å²) in [5.41, 5.74) is 1.37. The first-order chi connectivity index (χ1) is 9.20. The minimum absolute atomic E-state index is 0.640. The van der Waals surface area contributed by atoms with Crippen LogP contribution in [0.1, 0.15) is 39.2 Å². The van der Waals surface area contributed by atoms with Crippen molar-refractivity contribution in [1.82, 2.24) is 15.2 Å². The number of nitrogens with zero attached hydrogens (tertiary/aromatic N) is 2. The zero-order valence-corrected chi connectivity index (χ0v) is 12.5. The van der Waals surface area contributed by atoms with Gasteiger partial charge in [-0.25, -0.2) is 0 Å². The summed E-state index contributed by atoms with van der Waals surface area (Å²) < 4.78 is 0. The van der Waals surface area contributed by atoms with Crippen molar-refractivity contribution in [2.45, 2.75) is 52.2 Å². The van der Waals surface area contributed by atoms with E-state index in [-0.39, 0.29) is 0 Å². The molecule has 1 fully saturated rings. The average Bonchev–Trinajstić information content (AvgIpc) is 2.40. The number of aromatic nitrogens is 1. The molecule has 19 heavy (non-hydrogen) atoms. The highest BCUT2D eigenvalue weighted by atomic mass is 15.2. The molecular weight excluding hydrogens is 234 g/mol. The van der Waals surface area contributed by atoms with Gasteiger partial charge in [0.05, 0.1) is 0 Å². The predicted molar refractivity (Wildman–Crippen MR) is 80.0 cm³/mol. The summed E-state index contributed by atoms with van der Waals surface area (Å²) in [5, 5.41) is 3.71. The van der Waals surface area contributed by atoms with Crippen LogP contribution in [0.4, 0.5) is 0 Å². The molecule has 0 aromatic carbocycles. The quantitative estimate of drug-likeness (QED) is 0.883. The van der Waals surface area contributed by atoms with Gasteiger partial charge in [0, 0.05) is 44.1 Å². The Morgan fingerprint density at radius 1 is 1.37 bits per heavy atom. The van der Waals surface area contributed by atoms with Gasteiger partial charge in [0.2, 0.25) is 0 Å². The molecule has 0 saturated carbocycles. The van der Waals surface area contributed by atoms with Gasteiger partial charge in [-0.05, 0) is 30.0 Å². The number of pyridine rings is 1. The third-order valence-corrected chi connectivity index (χ3v) is 4.08. The molecule has 2 atom stereocenters. The fraction of sp³-hybridized carbons (Fsp3) is 0.688. The Labute approximate surface area is 117 Å². The van der Waals surface area contributed by atoms with E-state index in [4.69, 9.17) is 0 Å². The van der Waals surface area contributed by atoms with Gasteiger partial charge in [0.25, 0.3) is 0 Å². The van der Waals surface area contributed by atoms with E-state index < -0.39 is 0 Å².